The van der Waals surface area contributed by atoms with Gasteiger partial charge in [0.1, 0.15) is 11.6 Å². The smallest absolute Gasteiger partial charge is 0.132 e. The molecule has 0 unspecified atom stereocenters. The summed E-state index contributed by atoms with van der Waals surface area (Å²) in [6.45, 7) is 5.30. The SMILES string of the molecule is Cc1nc([C@H]2CCOC2)cc(N2CCC(O)CC2)n1. The summed E-state index contributed by atoms with van der Waals surface area (Å²) in [6.07, 6.45) is 2.55. The summed E-state index contributed by atoms with van der Waals surface area (Å²) < 4.78 is 5.44. The zero-order chi connectivity index (χ0) is 13.2. The van der Waals surface area contributed by atoms with Gasteiger partial charge in [-0.15, -0.1) is 0 Å². The summed E-state index contributed by atoms with van der Waals surface area (Å²) >= 11 is 0. The van der Waals surface area contributed by atoms with E-state index in [0.29, 0.717) is 5.92 Å². The van der Waals surface area contributed by atoms with Crippen molar-refractivity contribution in [3.05, 3.63) is 17.6 Å². The lowest BCUT2D eigenvalue weighted by atomic mass is 10.0. The second-order valence-electron chi connectivity index (χ2n) is 5.48. The third-order valence-electron chi connectivity index (χ3n) is 3.98. The van der Waals surface area contributed by atoms with Crippen LogP contribution < -0.4 is 4.90 Å². The Balaban J connectivity index is 1.80. The Morgan fingerprint density at radius 1 is 1.26 bits per heavy atom. The van der Waals surface area contributed by atoms with Crippen molar-refractivity contribution >= 4 is 5.82 Å². The van der Waals surface area contributed by atoms with Crippen LogP contribution in [0.4, 0.5) is 5.82 Å². The highest BCUT2D eigenvalue weighted by molar-refractivity contribution is 5.41. The number of piperidine rings is 1. The molecule has 1 atom stereocenters. The first-order chi connectivity index (χ1) is 9.22. The zero-order valence-corrected chi connectivity index (χ0v) is 11.4. The van der Waals surface area contributed by atoms with Gasteiger partial charge in [-0.3, -0.25) is 0 Å². The topological polar surface area (TPSA) is 58.5 Å². The van der Waals surface area contributed by atoms with Gasteiger partial charge in [-0.2, -0.15) is 0 Å². The molecule has 3 heterocycles. The highest BCUT2D eigenvalue weighted by Crippen LogP contribution is 2.27. The Bertz CT molecular complexity index is 438. The van der Waals surface area contributed by atoms with E-state index in [-0.39, 0.29) is 6.10 Å². The number of nitrogens with zero attached hydrogens (tertiary/aromatic N) is 3. The van der Waals surface area contributed by atoms with E-state index in [0.717, 1.165) is 62.9 Å². The van der Waals surface area contributed by atoms with Crippen LogP contribution in [0.3, 0.4) is 0 Å². The van der Waals surface area contributed by atoms with Crippen LogP contribution in [0.15, 0.2) is 6.07 Å². The van der Waals surface area contributed by atoms with Crippen LogP contribution in [0.5, 0.6) is 0 Å². The summed E-state index contributed by atoms with van der Waals surface area (Å²) in [4.78, 5) is 11.4. The number of hydrogen-bond acceptors (Lipinski definition) is 5. The fourth-order valence-corrected chi connectivity index (χ4v) is 2.81. The molecule has 0 bridgehead atoms. The molecule has 5 heteroatoms. The number of hydrogen-bond donors (Lipinski definition) is 1. The Morgan fingerprint density at radius 3 is 2.74 bits per heavy atom. The molecule has 0 spiro atoms. The summed E-state index contributed by atoms with van der Waals surface area (Å²) in [5, 5.41) is 9.58. The Labute approximate surface area is 113 Å². The molecule has 0 radical (unpaired) electrons. The highest BCUT2D eigenvalue weighted by atomic mass is 16.5. The molecular weight excluding hydrogens is 242 g/mol. The molecule has 0 saturated carbocycles. The fourth-order valence-electron chi connectivity index (χ4n) is 2.81. The minimum absolute atomic E-state index is 0.151. The lowest BCUT2D eigenvalue weighted by Crippen LogP contribution is -2.36. The highest BCUT2D eigenvalue weighted by Gasteiger charge is 2.23. The first-order valence-electron chi connectivity index (χ1n) is 7.09. The first-order valence-corrected chi connectivity index (χ1v) is 7.09. The van der Waals surface area contributed by atoms with Crippen molar-refractivity contribution in [3.63, 3.8) is 0 Å². The fraction of sp³-hybridized carbons (Fsp3) is 0.714. The second kappa shape index (κ2) is 5.43. The van der Waals surface area contributed by atoms with Crippen LogP contribution >= 0.6 is 0 Å². The van der Waals surface area contributed by atoms with Gasteiger partial charge >= 0.3 is 0 Å². The zero-order valence-electron chi connectivity index (χ0n) is 11.4. The van der Waals surface area contributed by atoms with Crippen LogP contribution in [0, 0.1) is 6.92 Å². The lowest BCUT2D eigenvalue weighted by molar-refractivity contribution is 0.145. The number of ether oxygens (including phenoxy) is 1. The predicted molar refractivity (Wildman–Crippen MR) is 72.4 cm³/mol. The van der Waals surface area contributed by atoms with Gasteiger partial charge in [-0.1, -0.05) is 0 Å². The summed E-state index contributed by atoms with van der Waals surface area (Å²) in [7, 11) is 0. The molecule has 2 aliphatic heterocycles. The van der Waals surface area contributed by atoms with E-state index in [4.69, 9.17) is 4.74 Å². The van der Waals surface area contributed by atoms with E-state index in [9.17, 15) is 5.11 Å². The van der Waals surface area contributed by atoms with Gasteiger partial charge in [0, 0.05) is 31.7 Å². The summed E-state index contributed by atoms with van der Waals surface area (Å²) in [6, 6.07) is 2.10. The monoisotopic (exact) mass is 263 g/mol. The number of aliphatic hydroxyl groups excluding tert-OH is 1. The van der Waals surface area contributed by atoms with E-state index in [1.807, 2.05) is 6.92 Å². The number of anilines is 1. The van der Waals surface area contributed by atoms with Crippen molar-refractivity contribution in [1.82, 2.24) is 9.97 Å². The van der Waals surface area contributed by atoms with Gasteiger partial charge in [0.25, 0.3) is 0 Å². The predicted octanol–water partition coefficient (Wildman–Crippen LogP) is 1.25. The van der Waals surface area contributed by atoms with Gasteiger partial charge in [-0.25, -0.2) is 9.97 Å². The van der Waals surface area contributed by atoms with Crippen molar-refractivity contribution in [1.29, 1.82) is 0 Å². The molecule has 1 aromatic heterocycles. The Hall–Kier alpha value is -1.20. The molecule has 5 nitrogen and oxygen atoms in total. The third-order valence-corrected chi connectivity index (χ3v) is 3.98. The lowest BCUT2D eigenvalue weighted by Gasteiger charge is -2.31. The maximum Gasteiger partial charge on any atom is 0.132 e. The second-order valence-corrected chi connectivity index (χ2v) is 5.48. The van der Waals surface area contributed by atoms with Crippen LogP contribution in [0.1, 0.15) is 36.7 Å². The van der Waals surface area contributed by atoms with Crippen molar-refractivity contribution in [3.8, 4) is 0 Å². The summed E-state index contributed by atoms with van der Waals surface area (Å²) in [5.74, 6) is 2.24. The molecular formula is C14H21N3O2. The molecule has 1 aromatic rings. The number of aryl methyl sites for hydroxylation is 1. The van der Waals surface area contributed by atoms with E-state index < -0.39 is 0 Å². The Morgan fingerprint density at radius 2 is 2.05 bits per heavy atom. The average molecular weight is 263 g/mol. The van der Waals surface area contributed by atoms with Crippen molar-refractivity contribution < 1.29 is 9.84 Å². The Kier molecular flexibility index (Phi) is 3.66. The van der Waals surface area contributed by atoms with Gasteiger partial charge in [0.2, 0.25) is 0 Å². The van der Waals surface area contributed by atoms with Gasteiger partial charge in [0.15, 0.2) is 0 Å². The van der Waals surface area contributed by atoms with E-state index >= 15 is 0 Å². The van der Waals surface area contributed by atoms with Crippen molar-refractivity contribution in [2.75, 3.05) is 31.2 Å². The van der Waals surface area contributed by atoms with E-state index in [2.05, 4.69) is 20.9 Å². The van der Waals surface area contributed by atoms with Crippen LogP contribution in [-0.4, -0.2) is 47.5 Å². The molecule has 2 aliphatic rings. The molecule has 0 amide bonds. The molecule has 0 aromatic carbocycles. The molecule has 19 heavy (non-hydrogen) atoms. The van der Waals surface area contributed by atoms with E-state index in [1.54, 1.807) is 0 Å². The number of rotatable bonds is 2. The van der Waals surface area contributed by atoms with Gasteiger partial charge in [0.05, 0.1) is 18.4 Å². The average Bonchev–Trinajstić information content (AvgIpc) is 2.93. The van der Waals surface area contributed by atoms with Crippen LogP contribution in [0.25, 0.3) is 0 Å². The maximum atomic E-state index is 9.58. The normalized spacial score (nSPS) is 24.9. The quantitative estimate of drug-likeness (QED) is 0.870. The number of aliphatic hydroxyl groups is 1. The number of aromatic nitrogens is 2. The van der Waals surface area contributed by atoms with Crippen molar-refractivity contribution in [2.45, 2.75) is 38.2 Å². The van der Waals surface area contributed by atoms with Crippen molar-refractivity contribution in [2.24, 2.45) is 0 Å². The first kappa shape index (κ1) is 12.8. The minimum Gasteiger partial charge on any atom is -0.393 e. The maximum absolute atomic E-state index is 9.58. The largest absolute Gasteiger partial charge is 0.393 e. The van der Waals surface area contributed by atoms with Crippen LogP contribution in [-0.2, 0) is 4.74 Å². The molecule has 2 saturated heterocycles. The standard InChI is InChI=1S/C14H21N3O2/c1-10-15-13(11-4-7-19-9-11)8-14(16-10)17-5-2-12(18)3-6-17/h8,11-12,18H,2-7,9H2,1H3/t11-/m0/s1. The molecule has 2 fully saturated rings. The molecule has 3 rings (SSSR count). The third kappa shape index (κ3) is 2.87. The molecule has 0 aliphatic carbocycles. The van der Waals surface area contributed by atoms with Gasteiger partial charge in [-0.05, 0) is 26.2 Å². The van der Waals surface area contributed by atoms with Crippen LogP contribution in [0.2, 0.25) is 0 Å². The minimum atomic E-state index is -0.151. The molecule has 1 N–H and O–H groups in total. The summed E-state index contributed by atoms with van der Waals surface area (Å²) in [5.41, 5.74) is 1.10. The van der Waals surface area contributed by atoms with Gasteiger partial charge < -0.3 is 14.7 Å². The molecule has 104 valence electrons. The van der Waals surface area contributed by atoms with E-state index in [1.165, 1.54) is 0 Å².